The highest BCUT2D eigenvalue weighted by molar-refractivity contribution is 5.93. The SMILES string of the molecule is COCCCCC(=O)N1C(=O)O[C@H](c2ccccc2)[C@@H]1C. The number of methoxy groups -OCH3 is 1. The van der Waals surface area contributed by atoms with Crippen molar-refractivity contribution in [2.75, 3.05) is 13.7 Å². The maximum atomic E-state index is 12.2. The molecule has 1 aliphatic heterocycles. The van der Waals surface area contributed by atoms with Gasteiger partial charge in [-0.2, -0.15) is 0 Å². The molecule has 1 aromatic carbocycles. The number of ether oxygens (including phenoxy) is 2. The van der Waals surface area contributed by atoms with E-state index in [4.69, 9.17) is 9.47 Å². The molecule has 1 fully saturated rings. The first-order valence-electron chi connectivity index (χ1n) is 7.21. The Hall–Kier alpha value is -1.88. The van der Waals surface area contributed by atoms with Gasteiger partial charge in [-0.25, -0.2) is 9.69 Å². The van der Waals surface area contributed by atoms with E-state index < -0.39 is 6.09 Å². The molecule has 2 rings (SSSR count). The highest BCUT2D eigenvalue weighted by Crippen LogP contribution is 2.32. The summed E-state index contributed by atoms with van der Waals surface area (Å²) in [6.07, 6.45) is 0.917. The molecule has 114 valence electrons. The Morgan fingerprint density at radius 3 is 2.67 bits per heavy atom. The molecule has 0 spiro atoms. The fourth-order valence-electron chi connectivity index (χ4n) is 2.53. The summed E-state index contributed by atoms with van der Waals surface area (Å²) in [5.74, 6) is -0.179. The summed E-state index contributed by atoms with van der Waals surface area (Å²) < 4.78 is 10.3. The molecule has 1 aliphatic rings. The van der Waals surface area contributed by atoms with E-state index in [2.05, 4.69) is 0 Å². The van der Waals surface area contributed by atoms with E-state index in [9.17, 15) is 9.59 Å². The van der Waals surface area contributed by atoms with Crippen molar-refractivity contribution in [2.45, 2.75) is 38.3 Å². The summed E-state index contributed by atoms with van der Waals surface area (Å²) in [5, 5.41) is 0. The Kier molecular flexibility index (Phi) is 5.33. The van der Waals surface area contributed by atoms with Crippen LogP contribution < -0.4 is 0 Å². The van der Waals surface area contributed by atoms with E-state index in [-0.39, 0.29) is 18.1 Å². The third-order valence-corrected chi connectivity index (χ3v) is 3.66. The van der Waals surface area contributed by atoms with Crippen LogP contribution in [0, 0.1) is 0 Å². The van der Waals surface area contributed by atoms with Crippen molar-refractivity contribution in [3.8, 4) is 0 Å². The fraction of sp³-hybridized carbons (Fsp3) is 0.500. The molecule has 0 bridgehead atoms. The number of benzene rings is 1. The molecule has 0 aliphatic carbocycles. The van der Waals surface area contributed by atoms with Gasteiger partial charge < -0.3 is 9.47 Å². The van der Waals surface area contributed by atoms with Crippen LogP contribution in [0.4, 0.5) is 4.79 Å². The molecule has 21 heavy (non-hydrogen) atoms. The molecule has 2 amide bonds. The first kappa shape index (κ1) is 15.5. The molecule has 5 heteroatoms. The predicted molar refractivity (Wildman–Crippen MR) is 77.7 cm³/mol. The number of imide groups is 1. The number of rotatable bonds is 6. The molecule has 2 atom stereocenters. The minimum atomic E-state index is -0.548. The number of hydrogen-bond donors (Lipinski definition) is 0. The van der Waals surface area contributed by atoms with Crippen molar-refractivity contribution < 1.29 is 19.1 Å². The molecule has 1 aromatic rings. The summed E-state index contributed by atoms with van der Waals surface area (Å²) in [5.41, 5.74) is 0.910. The van der Waals surface area contributed by atoms with Gasteiger partial charge in [0.05, 0.1) is 6.04 Å². The molecule has 0 radical (unpaired) electrons. The minimum absolute atomic E-state index is 0.179. The number of hydrogen-bond acceptors (Lipinski definition) is 4. The van der Waals surface area contributed by atoms with Crippen molar-refractivity contribution >= 4 is 12.0 Å². The van der Waals surface area contributed by atoms with Gasteiger partial charge in [0, 0.05) is 20.1 Å². The zero-order valence-corrected chi connectivity index (χ0v) is 12.5. The quantitative estimate of drug-likeness (QED) is 0.756. The normalized spacial score (nSPS) is 21.4. The molecular formula is C16H21NO4. The van der Waals surface area contributed by atoms with Gasteiger partial charge in [0.15, 0.2) is 0 Å². The number of carbonyl (C=O) groups is 2. The molecule has 0 aromatic heterocycles. The van der Waals surface area contributed by atoms with Gasteiger partial charge in [-0.3, -0.25) is 4.79 Å². The average Bonchev–Trinajstić information content (AvgIpc) is 2.79. The van der Waals surface area contributed by atoms with Gasteiger partial charge in [0.25, 0.3) is 0 Å². The van der Waals surface area contributed by atoms with Crippen LogP contribution in [0.1, 0.15) is 37.9 Å². The molecule has 1 heterocycles. The monoisotopic (exact) mass is 291 g/mol. The second kappa shape index (κ2) is 7.22. The second-order valence-corrected chi connectivity index (χ2v) is 5.17. The number of amides is 2. The third kappa shape index (κ3) is 3.61. The summed E-state index contributed by atoms with van der Waals surface area (Å²) in [6, 6.07) is 9.22. The Morgan fingerprint density at radius 1 is 1.29 bits per heavy atom. The second-order valence-electron chi connectivity index (χ2n) is 5.17. The lowest BCUT2D eigenvalue weighted by Gasteiger charge is -2.19. The fourth-order valence-corrected chi connectivity index (χ4v) is 2.53. The maximum absolute atomic E-state index is 12.2. The minimum Gasteiger partial charge on any atom is -0.439 e. The van der Waals surface area contributed by atoms with Gasteiger partial charge >= 0.3 is 6.09 Å². The van der Waals surface area contributed by atoms with Crippen LogP contribution in [0.15, 0.2) is 30.3 Å². The predicted octanol–water partition coefficient (Wildman–Crippen LogP) is 2.91. The van der Waals surface area contributed by atoms with Crippen LogP contribution in [0.2, 0.25) is 0 Å². The van der Waals surface area contributed by atoms with Crippen LogP contribution in [-0.4, -0.2) is 36.7 Å². The van der Waals surface area contributed by atoms with Crippen LogP contribution in [0.25, 0.3) is 0 Å². The summed E-state index contributed by atoms with van der Waals surface area (Å²) in [7, 11) is 1.63. The van der Waals surface area contributed by atoms with E-state index in [0.29, 0.717) is 19.4 Å². The van der Waals surface area contributed by atoms with Crippen molar-refractivity contribution in [3.05, 3.63) is 35.9 Å². The number of carbonyl (C=O) groups excluding carboxylic acids is 2. The summed E-state index contributed by atoms with van der Waals surface area (Å²) >= 11 is 0. The molecule has 5 nitrogen and oxygen atoms in total. The average molecular weight is 291 g/mol. The van der Waals surface area contributed by atoms with Crippen molar-refractivity contribution in [2.24, 2.45) is 0 Å². The summed E-state index contributed by atoms with van der Waals surface area (Å²) in [6.45, 7) is 2.47. The molecule has 0 N–H and O–H groups in total. The highest BCUT2D eigenvalue weighted by atomic mass is 16.6. The number of nitrogens with zero attached hydrogens (tertiary/aromatic N) is 1. The lowest BCUT2D eigenvalue weighted by atomic mass is 10.0. The highest BCUT2D eigenvalue weighted by Gasteiger charge is 2.42. The lowest BCUT2D eigenvalue weighted by Crippen LogP contribution is -2.37. The van der Waals surface area contributed by atoms with Crippen LogP contribution in [-0.2, 0) is 14.3 Å². The van der Waals surface area contributed by atoms with Crippen molar-refractivity contribution in [1.82, 2.24) is 4.90 Å². The molecular weight excluding hydrogens is 270 g/mol. The number of cyclic esters (lactones) is 1. The summed E-state index contributed by atoms with van der Waals surface area (Å²) in [4.78, 5) is 25.4. The first-order chi connectivity index (χ1) is 10.1. The van der Waals surface area contributed by atoms with E-state index >= 15 is 0 Å². The number of unbranched alkanes of at least 4 members (excludes halogenated alkanes) is 1. The van der Waals surface area contributed by atoms with Crippen LogP contribution in [0.3, 0.4) is 0 Å². The van der Waals surface area contributed by atoms with E-state index in [1.165, 1.54) is 4.90 Å². The van der Waals surface area contributed by atoms with Crippen molar-refractivity contribution in [1.29, 1.82) is 0 Å². The third-order valence-electron chi connectivity index (χ3n) is 3.66. The Balaban J connectivity index is 1.98. The van der Waals surface area contributed by atoms with Gasteiger partial charge in [-0.05, 0) is 25.3 Å². The molecule has 1 saturated heterocycles. The lowest BCUT2D eigenvalue weighted by molar-refractivity contribution is -0.129. The Labute approximate surface area is 124 Å². The van der Waals surface area contributed by atoms with Gasteiger partial charge in [-0.15, -0.1) is 0 Å². The van der Waals surface area contributed by atoms with Crippen LogP contribution in [0.5, 0.6) is 0 Å². The van der Waals surface area contributed by atoms with Gasteiger partial charge in [0.1, 0.15) is 6.10 Å². The van der Waals surface area contributed by atoms with E-state index in [1.807, 2.05) is 37.3 Å². The van der Waals surface area contributed by atoms with Gasteiger partial charge in [0.2, 0.25) is 5.91 Å². The largest absolute Gasteiger partial charge is 0.439 e. The molecule has 0 saturated carbocycles. The first-order valence-corrected chi connectivity index (χ1v) is 7.21. The maximum Gasteiger partial charge on any atom is 0.417 e. The van der Waals surface area contributed by atoms with E-state index in [1.54, 1.807) is 7.11 Å². The van der Waals surface area contributed by atoms with E-state index in [0.717, 1.165) is 12.0 Å². The topological polar surface area (TPSA) is 55.8 Å². The smallest absolute Gasteiger partial charge is 0.417 e. The Bertz CT molecular complexity index is 488. The standard InChI is InChI=1S/C16H21NO4/c1-12-15(13-8-4-3-5-9-13)21-16(19)17(12)14(18)10-6-7-11-20-2/h3-5,8-9,12,15H,6-7,10-11H2,1-2H3/t12-,15-/m0/s1. The van der Waals surface area contributed by atoms with Gasteiger partial charge in [-0.1, -0.05) is 30.3 Å². The van der Waals surface area contributed by atoms with Crippen LogP contribution >= 0.6 is 0 Å². The zero-order chi connectivity index (χ0) is 15.2. The molecule has 0 unspecified atom stereocenters. The zero-order valence-electron chi connectivity index (χ0n) is 12.5. The Morgan fingerprint density at radius 2 is 2.00 bits per heavy atom. The van der Waals surface area contributed by atoms with Crippen molar-refractivity contribution in [3.63, 3.8) is 0 Å².